The van der Waals surface area contributed by atoms with E-state index in [1.54, 1.807) is 53.4 Å². The van der Waals surface area contributed by atoms with Crippen LogP contribution in [-0.2, 0) is 0 Å². The minimum Gasteiger partial charge on any atom is -0.322 e. The van der Waals surface area contributed by atoms with Crippen molar-refractivity contribution in [2.24, 2.45) is 0 Å². The van der Waals surface area contributed by atoms with E-state index in [9.17, 15) is 9.59 Å². The average molecular weight is 379 g/mol. The standard InChI is InChI=1S/C22H19ClN2O2/c1-2-25(20-9-4-3-5-10-20)22(27)17-8-6-7-16(15-17)21(26)24-19-13-11-18(23)12-14-19/h3-15H,2H2,1H3,(H,24,26). The van der Waals surface area contributed by atoms with Crippen molar-refractivity contribution in [3.63, 3.8) is 0 Å². The number of para-hydroxylation sites is 1. The van der Waals surface area contributed by atoms with Gasteiger partial charge in [-0.1, -0.05) is 35.9 Å². The van der Waals surface area contributed by atoms with Gasteiger partial charge in [0, 0.05) is 34.1 Å². The van der Waals surface area contributed by atoms with Gasteiger partial charge < -0.3 is 10.2 Å². The van der Waals surface area contributed by atoms with E-state index < -0.39 is 0 Å². The van der Waals surface area contributed by atoms with Crippen molar-refractivity contribution in [3.05, 3.63) is 95.0 Å². The van der Waals surface area contributed by atoms with E-state index >= 15 is 0 Å². The second kappa shape index (κ2) is 8.52. The largest absolute Gasteiger partial charge is 0.322 e. The number of benzene rings is 3. The van der Waals surface area contributed by atoms with Crippen molar-refractivity contribution in [3.8, 4) is 0 Å². The Morgan fingerprint density at radius 1 is 0.889 bits per heavy atom. The zero-order valence-corrected chi connectivity index (χ0v) is 15.6. The molecule has 0 heterocycles. The summed E-state index contributed by atoms with van der Waals surface area (Å²) in [6.45, 7) is 2.45. The lowest BCUT2D eigenvalue weighted by Gasteiger charge is -2.21. The van der Waals surface area contributed by atoms with Crippen molar-refractivity contribution in [1.82, 2.24) is 0 Å². The minimum absolute atomic E-state index is 0.148. The molecule has 0 saturated heterocycles. The second-order valence-corrected chi connectivity index (χ2v) is 6.36. The topological polar surface area (TPSA) is 49.4 Å². The molecule has 136 valence electrons. The molecule has 0 aliphatic rings. The number of hydrogen-bond donors (Lipinski definition) is 1. The SMILES string of the molecule is CCN(C(=O)c1cccc(C(=O)Nc2ccc(Cl)cc2)c1)c1ccccc1. The fraction of sp³-hybridized carbons (Fsp3) is 0.0909. The summed E-state index contributed by atoms with van der Waals surface area (Å²) in [4.78, 5) is 27.1. The summed E-state index contributed by atoms with van der Waals surface area (Å²) in [7, 11) is 0. The fourth-order valence-electron chi connectivity index (χ4n) is 2.74. The van der Waals surface area contributed by atoms with E-state index in [2.05, 4.69) is 5.32 Å². The van der Waals surface area contributed by atoms with Crippen molar-refractivity contribution in [2.45, 2.75) is 6.92 Å². The van der Waals surface area contributed by atoms with Crippen LogP contribution in [0.2, 0.25) is 5.02 Å². The summed E-state index contributed by atoms with van der Waals surface area (Å²) in [5, 5.41) is 3.40. The Kier molecular flexibility index (Phi) is 5.89. The number of amides is 2. The first kappa shape index (κ1) is 18.7. The molecule has 0 atom stereocenters. The van der Waals surface area contributed by atoms with E-state index in [4.69, 9.17) is 11.6 Å². The van der Waals surface area contributed by atoms with Crippen LogP contribution in [0, 0.1) is 0 Å². The molecule has 0 aromatic heterocycles. The summed E-state index contributed by atoms with van der Waals surface area (Å²) in [6.07, 6.45) is 0. The molecule has 0 fully saturated rings. The molecular formula is C22H19ClN2O2. The zero-order valence-electron chi connectivity index (χ0n) is 14.9. The molecule has 0 spiro atoms. The highest BCUT2D eigenvalue weighted by molar-refractivity contribution is 6.30. The molecule has 5 heteroatoms. The highest BCUT2D eigenvalue weighted by Crippen LogP contribution is 2.18. The summed E-state index contributed by atoms with van der Waals surface area (Å²) in [5.41, 5.74) is 2.34. The molecule has 0 radical (unpaired) electrons. The highest BCUT2D eigenvalue weighted by atomic mass is 35.5. The molecule has 0 unspecified atom stereocenters. The number of nitrogens with one attached hydrogen (secondary N) is 1. The van der Waals surface area contributed by atoms with E-state index in [1.807, 2.05) is 37.3 Å². The summed E-state index contributed by atoms with van der Waals surface area (Å²) >= 11 is 5.86. The number of nitrogens with zero attached hydrogens (tertiary/aromatic N) is 1. The number of anilines is 2. The third kappa shape index (κ3) is 4.54. The highest BCUT2D eigenvalue weighted by Gasteiger charge is 2.17. The molecule has 0 bridgehead atoms. The Hall–Kier alpha value is -3.11. The maximum atomic E-state index is 12.9. The number of carbonyl (C=O) groups is 2. The van der Waals surface area contributed by atoms with Crippen molar-refractivity contribution in [2.75, 3.05) is 16.8 Å². The summed E-state index contributed by atoms with van der Waals surface area (Å²) < 4.78 is 0. The number of hydrogen-bond acceptors (Lipinski definition) is 2. The molecule has 0 aliphatic heterocycles. The number of carbonyl (C=O) groups excluding carboxylic acids is 2. The summed E-state index contributed by atoms with van der Waals surface area (Å²) in [5.74, 6) is -0.431. The molecule has 0 aliphatic carbocycles. The molecule has 3 aromatic rings. The van der Waals surface area contributed by atoms with Gasteiger partial charge in [-0.25, -0.2) is 0 Å². The molecule has 3 aromatic carbocycles. The van der Waals surface area contributed by atoms with Gasteiger partial charge in [0.1, 0.15) is 0 Å². The van der Waals surface area contributed by atoms with Gasteiger partial charge in [-0.3, -0.25) is 9.59 Å². The quantitative estimate of drug-likeness (QED) is 0.658. The van der Waals surface area contributed by atoms with Gasteiger partial charge in [0.15, 0.2) is 0 Å². The molecule has 4 nitrogen and oxygen atoms in total. The van der Waals surface area contributed by atoms with Crippen LogP contribution in [0.3, 0.4) is 0 Å². The van der Waals surface area contributed by atoms with Crippen molar-refractivity contribution in [1.29, 1.82) is 0 Å². The number of halogens is 1. The van der Waals surface area contributed by atoms with Gasteiger partial charge in [0.05, 0.1) is 0 Å². The Labute approximate surface area is 163 Å². The maximum absolute atomic E-state index is 12.9. The monoisotopic (exact) mass is 378 g/mol. The van der Waals surface area contributed by atoms with Crippen LogP contribution in [0.25, 0.3) is 0 Å². The first-order chi connectivity index (χ1) is 13.1. The van der Waals surface area contributed by atoms with Crippen LogP contribution in [0.4, 0.5) is 11.4 Å². The van der Waals surface area contributed by atoms with E-state index in [0.717, 1.165) is 5.69 Å². The van der Waals surface area contributed by atoms with Gasteiger partial charge in [-0.2, -0.15) is 0 Å². The van der Waals surface area contributed by atoms with E-state index in [0.29, 0.717) is 28.4 Å². The average Bonchev–Trinajstić information content (AvgIpc) is 2.71. The minimum atomic E-state index is -0.283. The Morgan fingerprint density at radius 2 is 1.56 bits per heavy atom. The Morgan fingerprint density at radius 3 is 2.22 bits per heavy atom. The van der Waals surface area contributed by atoms with Crippen molar-refractivity contribution >= 4 is 34.8 Å². The Bertz CT molecular complexity index is 940. The third-order valence-electron chi connectivity index (χ3n) is 4.10. The predicted octanol–water partition coefficient (Wildman–Crippen LogP) is 5.26. The third-order valence-corrected chi connectivity index (χ3v) is 4.36. The zero-order chi connectivity index (χ0) is 19.2. The van der Waals surface area contributed by atoms with Crippen LogP contribution in [0.5, 0.6) is 0 Å². The van der Waals surface area contributed by atoms with Gasteiger partial charge in [-0.15, -0.1) is 0 Å². The Balaban J connectivity index is 1.81. The lowest BCUT2D eigenvalue weighted by Crippen LogP contribution is -2.30. The predicted molar refractivity (Wildman–Crippen MR) is 110 cm³/mol. The molecule has 2 amide bonds. The maximum Gasteiger partial charge on any atom is 0.258 e. The molecule has 1 N–H and O–H groups in total. The van der Waals surface area contributed by atoms with Crippen LogP contribution >= 0.6 is 11.6 Å². The molecule has 3 rings (SSSR count). The van der Waals surface area contributed by atoms with E-state index in [-0.39, 0.29) is 11.8 Å². The van der Waals surface area contributed by atoms with Crippen LogP contribution in [-0.4, -0.2) is 18.4 Å². The smallest absolute Gasteiger partial charge is 0.258 e. The molecule has 27 heavy (non-hydrogen) atoms. The lowest BCUT2D eigenvalue weighted by atomic mass is 10.1. The van der Waals surface area contributed by atoms with E-state index in [1.165, 1.54) is 0 Å². The van der Waals surface area contributed by atoms with Crippen LogP contribution in [0.15, 0.2) is 78.9 Å². The van der Waals surface area contributed by atoms with Gasteiger partial charge in [0.25, 0.3) is 11.8 Å². The lowest BCUT2D eigenvalue weighted by molar-refractivity contribution is 0.0988. The van der Waals surface area contributed by atoms with Gasteiger partial charge >= 0.3 is 0 Å². The normalized spacial score (nSPS) is 10.3. The summed E-state index contributed by atoms with van der Waals surface area (Å²) in [6, 6.07) is 23.0. The van der Waals surface area contributed by atoms with Gasteiger partial charge in [-0.05, 0) is 61.5 Å². The second-order valence-electron chi connectivity index (χ2n) is 5.93. The first-order valence-corrected chi connectivity index (χ1v) is 9.00. The fourth-order valence-corrected chi connectivity index (χ4v) is 2.86. The number of rotatable bonds is 5. The van der Waals surface area contributed by atoms with Crippen molar-refractivity contribution < 1.29 is 9.59 Å². The van der Waals surface area contributed by atoms with Gasteiger partial charge in [0.2, 0.25) is 0 Å². The molecule has 0 saturated carbocycles. The van der Waals surface area contributed by atoms with Crippen LogP contribution < -0.4 is 10.2 Å². The van der Waals surface area contributed by atoms with Crippen LogP contribution in [0.1, 0.15) is 27.6 Å². The molecular weight excluding hydrogens is 360 g/mol. The first-order valence-electron chi connectivity index (χ1n) is 8.62.